The van der Waals surface area contributed by atoms with Crippen LogP contribution in [0.2, 0.25) is 0 Å². The van der Waals surface area contributed by atoms with Crippen molar-refractivity contribution in [1.29, 1.82) is 0 Å². The Labute approximate surface area is 133 Å². The summed E-state index contributed by atoms with van der Waals surface area (Å²) in [6.07, 6.45) is 1.45. The first-order valence-electron chi connectivity index (χ1n) is 7.87. The molecule has 1 fully saturated rings. The number of aryl methyl sites for hydroxylation is 2. The van der Waals surface area contributed by atoms with Crippen LogP contribution in [0.1, 0.15) is 18.1 Å². The molecule has 22 heavy (non-hydrogen) atoms. The number of carbonyl (C=O) groups is 1. The monoisotopic (exact) mass is 302 g/mol. The van der Waals surface area contributed by atoms with Gasteiger partial charge < -0.3 is 9.64 Å². The Morgan fingerprint density at radius 1 is 1.27 bits per heavy atom. The van der Waals surface area contributed by atoms with Gasteiger partial charge in [0.15, 0.2) is 6.10 Å². The quantitative estimate of drug-likeness (QED) is 0.783. The Morgan fingerprint density at radius 3 is 2.55 bits per heavy atom. The first-order valence-corrected chi connectivity index (χ1v) is 7.87. The molecule has 0 radical (unpaired) electrons. The third kappa shape index (κ3) is 4.10. The van der Waals surface area contributed by atoms with Gasteiger partial charge in [0, 0.05) is 32.7 Å². The molecule has 0 unspecified atom stereocenters. The van der Waals surface area contributed by atoms with Crippen molar-refractivity contribution in [1.82, 2.24) is 9.80 Å². The van der Waals surface area contributed by atoms with Crippen molar-refractivity contribution in [3.05, 3.63) is 42.0 Å². The van der Waals surface area contributed by atoms with E-state index in [1.165, 1.54) is 11.1 Å². The van der Waals surface area contributed by atoms with Crippen molar-refractivity contribution in [2.45, 2.75) is 26.9 Å². The second-order valence-electron chi connectivity index (χ2n) is 5.92. The van der Waals surface area contributed by atoms with Crippen LogP contribution in [0, 0.1) is 13.8 Å². The van der Waals surface area contributed by atoms with Gasteiger partial charge in [-0.2, -0.15) is 0 Å². The summed E-state index contributed by atoms with van der Waals surface area (Å²) in [6, 6.07) is 5.94. The highest BCUT2D eigenvalue weighted by Gasteiger charge is 2.25. The van der Waals surface area contributed by atoms with Gasteiger partial charge in [-0.3, -0.25) is 9.69 Å². The highest BCUT2D eigenvalue weighted by atomic mass is 16.5. The lowest BCUT2D eigenvalue weighted by atomic mass is 10.1. The lowest BCUT2D eigenvalue weighted by molar-refractivity contribution is -0.139. The second-order valence-corrected chi connectivity index (χ2v) is 5.92. The van der Waals surface area contributed by atoms with E-state index in [0.717, 1.165) is 38.5 Å². The maximum absolute atomic E-state index is 12.5. The minimum atomic E-state index is -0.451. The molecule has 1 atom stereocenters. The lowest BCUT2D eigenvalue weighted by Gasteiger charge is -2.35. The average molecular weight is 302 g/mol. The molecular formula is C18H26N2O2. The molecule has 1 aromatic carbocycles. The van der Waals surface area contributed by atoms with Crippen LogP contribution in [0.4, 0.5) is 0 Å². The zero-order valence-electron chi connectivity index (χ0n) is 13.8. The molecule has 1 aliphatic heterocycles. The van der Waals surface area contributed by atoms with Crippen LogP contribution in [0.5, 0.6) is 5.75 Å². The maximum Gasteiger partial charge on any atom is 0.263 e. The molecule has 1 amide bonds. The maximum atomic E-state index is 12.5. The van der Waals surface area contributed by atoms with Gasteiger partial charge in [0.05, 0.1) is 0 Å². The van der Waals surface area contributed by atoms with Crippen LogP contribution in [-0.2, 0) is 4.79 Å². The van der Waals surface area contributed by atoms with Crippen LogP contribution < -0.4 is 4.74 Å². The molecule has 4 nitrogen and oxygen atoms in total. The number of hydrogen-bond donors (Lipinski definition) is 0. The van der Waals surface area contributed by atoms with Gasteiger partial charge in [0.25, 0.3) is 5.91 Å². The van der Waals surface area contributed by atoms with Gasteiger partial charge in [-0.05, 0) is 44.0 Å². The van der Waals surface area contributed by atoms with E-state index in [9.17, 15) is 4.79 Å². The summed E-state index contributed by atoms with van der Waals surface area (Å²) in [7, 11) is 0. The largest absolute Gasteiger partial charge is 0.481 e. The van der Waals surface area contributed by atoms with Crippen LogP contribution >= 0.6 is 0 Å². The van der Waals surface area contributed by atoms with E-state index in [0.29, 0.717) is 0 Å². The first kappa shape index (κ1) is 16.6. The molecule has 120 valence electrons. The highest BCUT2D eigenvalue weighted by molar-refractivity contribution is 5.81. The molecule has 1 heterocycles. The molecular weight excluding hydrogens is 276 g/mol. The normalized spacial score (nSPS) is 17.1. The van der Waals surface area contributed by atoms with Crippen LogP contribution in [0.25, 0.3) is 0 Å². The first-order chi connectivity index (χ1) is 10.5. The highest BCUT2D eigenvalue weighted by Crippen LogP contribution is 2.18. The number of carbonyl (C=O) groups excluding carboxylic acids is 1. The molecule has 0 bridgehead atoms. The van der Waals surface area contributed by atoms with Crippen molar-refractivity contribution >= 4 is 5.91 Å². The summed E-state index contributed by atoms with van der Waals surface area (Å²) < 4.78 is 5.82. The molecule has 0 aromatic heterocycles. The molecule has 4 heteroatoms. The van der Waals surface area contributed by atoms with Crippen molar-refractivity contribution in [3.8, 4) is 5.75 Å². The Bertz CT molecular complexity index is 534. The van der Waals surface area contributed by atoms with Gasteiger partial charge >= 0.3 is 0 Å². The van der Waals surface area contributed by atoms with Crippen LogP contribution in [-0.4, -0.2) is 54.5 Å². The Hall–Kier alpha value is -1.81. The van der Waals surface area contributed by atoms with Crippen LogP contribution in [0.3, 0.4) is 0 Å². The Kier molecular flexibility index (Phi) is 5.61. The van der Waals surface area contributed by atoms with Gasteiger partial charge in [0.2, 0.25) is 0 Å². The summed E-state index contributed by atoms with van der Waals surface area (Å²) in [5.74, 6) is 0.825. The minimum absolute atomic E-state index is 0.0662. The van der Waals surface area contributed by atoms with Gasteiger partial charge in [-0.25, -0.2) is 0 Å². The third-order valence-electron chi connectivity index (χ3n) is 4.21. The van der Waals surface area contributed by atoms with Crippen molar-refractivity contribution in [2.24, 2.45) is 0 Å². The van der Waals surface area contributed by atoms with Crippen molar-refractivity contribution in [3.63, 3.8) is 0 Å². The van der Waals surface area contributed by atoms with E-state index >= 15 is 0 Å². The predicted molar refractivity (Wildman–Crippen MR) is 89.2 cm³/mol. The van der Waals surface area contributed by atoms with E-state index in [4.69, 9.17) is 4.74 Å². The van der Waals surface area contributed by atoms with E-state index in [2.05, 4.69) is 18.4 Å². The molecule has 0 spiro atoms. The number of hydrogen-bond acceptors (Lipinski definition) is 3. The second kappa shape index (κ2) is 7.45. The fourth-order valence-electron chi connectivity index (χ4n) is 2.63. The number of benzene rings is 1. The van der Waals surface area contributed by atoms with Crippen molar-refractivity contribution in [2.75, 3.05) is 32.7 Å². The SMILES string of the molecule is C=CCN1CCN(C(=O)[C@@H](C)Oc2ccc(C)c(C)c2)CC1. The van der Waals surface area contributed by atoms with Crippen molar-refractivity contribution < 1.29 is 9.53 Å². The van der Waals surface area contributed by atoms with E-state index in [1.807, 2.05) is 43.0 Å². The van der Waals surface area contributed by atoms with E-state index < -0.39 is 6.10 Å². The zero-order valence-corrected chi connectivity index (χ0v) is 13.8. The summed E-state index contributed by atoms with van der Waals surface area (Å²) in [5.41, 5.74) is 2.40. The van der Waals surface area contributed by atoms with Gasteiger partial charge in [0.1, 0.15) is 5.75 Å². The van der Waals surface area contributed by atoms with Gasteiger partial charge in [-0.15, -0.1) is 6.58 Å². The van der Waals surface area contributed by atoms with Crippen LogP contribution in [0.15, 0.2) is 30.9 Å². The summed E-state index contributed by atoms with van der Waals surface area (Å²) in [4.78, 5) is 16.7. The zero-order chi connectivity index (χ0) is 16.1. The third-order valence-corrected chi connectivity index (χ3v) is 4.21. The molecule has 2 rings (SSSR count). The fourth-order valence-corrected chi connectivity index (χ4v) is 2.63. The van der Waals surface area contributed by atoms with E-state index in [1.54, 1.807) is 0 Å². The number of ether oxygens (including phenoxy) is 1. The number of piperazine rings is 1. The summed E-state index contributed by atoms with van der Waals surface area (Å²) >= 11 is 0. The molecule has 0 N–H and O–H groups in total. The topological polar surface area (TPSA) is 32.8 Å². The molecule has 1 saturated heterocycles. The molecule has 1 aromatic rings. The lowest BCUT2D eigenvalue weighted by Crippen LogP contribution is -2.51. The fraction of sp³-hybridized carbons (Fsp3) is 0.500. The Morgan fingerprint density at radius 2 is 1.95 bits per heavy atom. The summed E-state index contributed by atoms with van der Waals surface area (Å²) in [6.45, 7) is 13.9. The standard InChI is InChI=1S/C18H26N2O2/c1-5-8-19-9-11-20(12-10-19)18(21)16(4)22-17-7-6-14(2)15(3)13-17/h5-7,13,16H,1,8-12H2,2-4H3/t16-/m1/s1. The van der Waals surface area contributed by atoms with E-state index in [-0.39, 0.29) is 5.91 Å². The number of nitrogens with zero attached hydrogens (tertiary/aromatic N) is 2. The van der Waals surface area contributed by atoms with Gasteiger partial charge in [-0.1, -0.05) is 12.1 Å². The Balaban J connectivity index is 1.89. The number of amides is 1. The molecule has 1 aliphatic rings. The average Bonchev–Trinajstić information content (AvgIpc) is 2.51. The summed E-state index contributed by atoms with van der Waals surface area (Å²) in [5, 5.41) is 0. The smallest absolute Gasteiger partial charge is 0.263 e. The minimum Gasteiger partial charge on any atom is -0.481 e. The molecule has 0 aliphatic carbocycles. The predicted octanol–water partition coefficient (Wildman–Crippen LogP) is 2.40. The molecule has 0 saturated carbocycles. The number of rotatable bonds is 5.